The predicted octanol–water partition coefficient (Wildman–Crippen LogP) is 3.07. The van der Waals surface area contributed by atoms with Crippen LogP contribution in [0.4, 0.5) is 0 Å². The first-order valence-corrected chi connectivity index (χ1v) is 6.00. The van der Waals surface area contributed by atoms with Gasteiger partial charge in [0.15, 0.2) is 0 Å². The van der Waals surface area contributed by atoms with Crippen molar-refractivity contribution >= 4 is 0 Å². The minimum Gasteiger partial charge on any atom is -0.496 e. The topological polar surface area (TPSA) is 21.3 Å². The molecule has 2 nitrogen and oxygen atoms in total. The maximum atomic E-state index is 5.42. The Kier molecular flexibility index (Phi) is 5.59. The van der Waals surface area contributed by atoms with Crippen molar-refractivity contribution < 1.29 is 4.74 Å². The van der Waals surface area contributed by atoms with E-state index in [9.17, 15) is 0 Å². The lowest BCUT2D eigenvalue weighted by atomic mass is 10.0. The molecule has 1 aromatic rings. The van der Waals surface area contributed by atoms with E-state index in [4.69, 9.17) is 4.74 Å². The van der Waals surface area contributed by atoms with Gasteiger partial charge in [0.05, 0.1) is 7.11 Å². The largest absolute Gasteiger partial charge is 0.496 e. The fraction of sp³-hybridized carbons (Fsp3) is 0.467. The Morgan fingerprint density at radius 1 is 1.41 bits per heavy atom. The molecule has 0 saturated heterocycles. The Labute approximate surface area is 104 Å². The van der Waals surface area contributed by atoms with Crippen LogP contribution in [0, 0.1) is 18.8 Å². The molecule has 0 amide bonds. The highest BCUT2D eigenvalue weighted by molar-refractivity contribution is 5.39. The maximum Gasteiger partial charge on any atom is 0.123 e. The summed E-state index contributed by atoms with van der Waals surface area (Å²) in [7, 11) is 1.71. The average molecular weight is 231 g/mol. The molecule has 0 aromatic heterocycles. The van der Waals surface area contributed by atoms with Crippen LogP contribution < -0.4 is 10.1 Å². The van der Waals surface area contributed by atoms with Crippen LogP contribution in [0.5, 0.6) is 5.75 Å². The predicted molar refractivity (Wildman–Crippen MR) is 72.2 cm³/mol. The standard InChI is InChI=1S/C15H21NO/c1-5-7-8-14(16-6-2)13-11-12(3)9-10-15(13)17-4/h9-11,14,16H,6,8H2,1-4H3. The summed E-state index contributed by atoms with van der Waals surface area (Å²) in [5.41, 5.74) is 2.44. The normalized spacial score (nSPS) is 11.5. The van der Waals surface area contributed by atoms with Crippen LogP contribution in [0.15, 0.2) is 18.2 Å². The van der Waals surface area contributed by atoms with E-state index in [2.05, 4.69) is 43.1 Å². The quantitative estimate of drug-likeness (QED) is 0.786. The second kappa shape index (κ2) is 6.98. The summed E-state index contributed by atoms with van der Waals surface area (Å²) in [5.74, 6) is 7.01. The highest BCUT2D eigenvalue weighted by Crippen LogP contribution is 2.28. The van der Waals surface area contributed by atoms with Gasteiger partial charge in [-0.2, -0.15) is 0 Å². The molecule has 1 aromatic carbocycles. The molecule has 1 atom stereocenters. The molecule has 0 saturated carbocycles. The third-order valence-corrected chi connectivity index (χ3v) is 2.69. The molecule has 1 rings (SSSR count). The highest BCUT2D eigenvalue weighted by Gasteiger charge is 2.14. The molecule has 0 radical (unpaired) electrons. The number of nitrogens with one attached hydrogen (secondary N) is 1. The van der Waals surface area contributed by atoms with Gasteiger partial charge in [0.1, 0.15) is 5.75 Å². The van der Waals surface area contributed by atoms with Crippen LogP contribution in [0.2, 0.25) is 0 Å². The molecular formula is C15H21NO. The lowest BCUT2D eigenvalue weighted by molar-refractivity contribution is 0.400. The molecule has 17 heavy (non-hydrogen) atoms. The van der Waals surface area contributed by atoms with Crippen molar-refractivity contribution in [2.24, 2.45) is 0 Å². The number of rotatable bonds is 5. The van der Waals surface area contributed by atoms with Gasteiger partial charge in [-0.3, -0.25) is 0 Å². The van der Waals surface area contributed by atoms with E-state index < -0.39 is 0 Å². The second-order valence-corrected chi connectivity index (χ2v) is 3.99. The van der Waals surface area contributed by atoms with Crippen molar-refractivity contribution in [3.8, 4) is 17.6 Å². The Bertz CT molecular complexity index is 415. The first kappa shape index (κ1) is 13.6. The van der Waals surface area contributed by atoms with Crippen LogP contribution in [-0.2, 0) is 0 Å². The van der Waals surface area contributed by atoms with Crippen LogP contribution >= 0.6 is 0 Å². The van der Waals surface area contributed by atoms with E-state index in [1.54, 1.807) is 7.11 Å². The van der Waals surface area contributed by atoms with Crippen LogP contribution in [0.25, 0.3) is 0 Å². The summed E-state index contributed by atoms with van der Waals surface area (Å²) in [4.78, 5) is 0. The lowest BCUT2D eigenvalue weighted by Gasteiger charge is -2.19. The third kappa shape index (κ3) is 3.80. The fourth-order valence-corrected chi connectivity index (χ4v) is 1.87. The number of ether oxygens (including phenoxy) is 1. The Morgan fingerprint density at radius 3 is 2.76 bits per heavy atom. The molecule has 1 unspecified atom stereocenters. The van der Waals surface area contributed by atoms with Gasteiger partial charge in [0.25, 0.3) is 0 Å². The van der Waals surface area contributed by atoms with E-state index in [0.717, 1.165) is 18.7 Å². The molecule has 0 spiro atoms. The zero-order chi connectivity index (χ0) is 12.7. The SMILES string of the molecule is CC#CCC(NCC)c1cc(C)ccc1OC. The Morgan fingerprint density at radius 2 is 2.18 bits per heavy atom. The highest BCUT2D eigenvalue weighted by atomic mass is 16.5. The zero-order valence-electron chi connectivity index (χ0n) is 11.1. The number of hydrogen-bond acceptors (Lipinski definition) is 2. The van der Waals surface area contributed by atoms with Gasteiger partial charge in [0, 0.05) is 18.0 Å². The number of hydrogen-bond donors (Lipinski definition) is 1. The summed E-state index contributed by atoms with van der Waals surface area (Å²) in [6.07, 6.45) is 0.810. The number of methoxy groups -OCH3 is 1. The minimum atomic E-state index is 0.238. The van der Waals surface area contributed by atoms with Gasteiger partial charge in [0.2, 0.25) is 0 Å². The van der Waals surface area contributed by atoms with Crippen molar-refractivity contribution in [3.05, 3.63) is 29.3 Å². The number of aryl methyl sites for hydroxylation is 1. The van der Waals surface area contributed by atoms with E-state index in [0.29, 0.717) is 0 Å². The van der Waals surface area contributed by atoms with Gasteiger partial charge in [-0.05, 0) is 26.5 Å². The van der Waals surface area contributed by atoms with Gasteiger partial charge >= 0.3 is 0 Å². The Balaban J connectivity index is 3.04. The van der Waals surface area contributed by atoms with Crippen molar-refractivity contribution in [3.63, 3.8) is 0 Å². The van der Waals surface area contributed by atoms with Gasteiger partial charge in [-0.1, -0.05) is 24.6 Å². The van der Waals surface area contributed by atoms with Gasteiger partial charge < -0.3 is 10.1 Å². The summed E-state index contributed by atoms with van der Waals surface area (Å²) in [5, 5.41) is 3.45. The van der Waals surface area contributed by atoms with Crippen molar-refractivity contribution in [1.29, 1.82) is 0 Å². The Hall–Kier alpha value is -1.46. The fourth-order valence-electron chi connectivity index (χ4n) is 1.87. The molecule has 0 fully saturated rings. The average Bonchev–Trinajstić information content (AvgIpc) is 2.34. The van der Waals surface area contributed by atoms with Crippen LogP contribution in [0.3, 0.4) is 0 Å². The van der Waals surface area contributed by atoms with E-state index in [1.807, 2.05) is 13.0 Å². The van der Waals surface area contributed by atoms with Crippen LogP contribution in [-0.4, -0.2) is 13.7 Å². The van der Waals surface area contributed by atoms with Crippen molar-refractivity contribution in [1.82, 2.24) is 5.32 Å². The molecule has 1 N–H and O–H groups in total. The number of benzene rings is 1. The van der Waals surface area contributed by atoms with Gasteiger partial charge in [-0.25, -0.2) is 0 Å². The molecule has 2 heteroatoms. The van der Waals surface area contributed by atoms with E-state index in [1.165, 1.54) is 11.1 Å². The molecule has 92 valence electrons. The maximum absolute atomic E-state index is 5.42. The van der Waals surface area contributed by atoms with E-state index >= 15 is 0 Å². The zero-order valence-corrected chi connectivity index (χ0v) is 11.1. The summed E-state index contributed by atoms with van der Waals surface area (Å²) < 4.78 is 5.42. The van der Waals surface area contributed by atoms with Crippen molar-refractivity contribution in [2.75, 3.05) is 13.7 Å². The van der Waals surface area contributed by atoms with Gasteiger partial charge in [-0.15, -0.1) is 11.8 Å². The molecular weight excluding hydrogens is 210 g/mol. The van der Waals surface area contributed by atoms with E-state index in [-0.39, 0.29) is 6.04 Å². The summed E-state index contributed by atoms with van der Waals surface area (Å²) in [6.45, 7) is 7.00. The first-order valence-electron chi connectivity index (χ1n) is 6.00. The summed E-state index contributed by atoms with van der Waals surface area (Å²) in [6, 6.07) is 6.50. The van der Waals surface area contributed by atoms with Crippen molar-refractivity contribution in [2.45, 2.75) is 33.2 Å². The summed E-state index contributed by atoms with van der Waals surface area (Å²) >= 11 is 0. The minimum absolute atomic E-state index is 0.238. The molecule has 0 heterocycles. The smallest absolute Gasteiger partial charge is 0.123 e. The van der Waals surface area contributed by atoms with Crippen LogP contribution in [0.1, 0.15) is 37.4 Å². The molecule has 0 aliphatic heterocycles. The molecule has 0 bridgehead atoms. The lowest BCUT2D eigenvalue weighted by Crippen LogP contribution is -2.21. The first-order chi connectivity index (χ1) is 8.22. The monoisotopic (exact) mass is 231 g/mol. The third-order valence-electron chi connectivity index (χ3n) is 2.69. The second-order valence-electron chi connectivity index (χ2n) is 3.99. The molecule has 0 aliphatic rings. The molecule has 0 aliphatic carbocycles.